The lowest BCUT2D eigenvalue weighted by Crippen LogP contribution is -2.41. The molecule has 1 aliphatic heterocycles. The van der Waals surface area contributed by atoms with E-state index in [9.17, 15) is 14.4 Å². The van der Waals surface area contributed by atoms with Gasteiger partial charge in [-0.1, -0.05) is 24.3 Å². The summed E-state index contributed by atoms with van der Waals surface area (Å²) in [7, 11) is 0. The fourth-order valence-electron chi connectivity index (χ4n) is 2.72. The Balaban J connectivity index is 1.96. The minimum atomic E-state index is -0.417. The zero-order valence-corrected chi connectivity index (χ0v) is 12.2. The molecule has 0 spiro atoms. The highest BCUT2D eigenvalue weighted by Crippen LogP contribution is 2.29. The topological polar surface area (TPSA) is 63.7 Å². The van der Waals surface area contributed by atoms with Crippen LogP contribution < -0.4 is 0 Å². The highest BCUT2D eigenvalue weighted by atomic mass is 16.5. The van der Waals surface area contributed by atoms with Gasteiger partial charge in [0, 0.05) is 23.1 Å². The third kappa shape index (κ3) is 2.24. The molecular weight excluding hydrogens is 282 g/mol. The van der Waals surface area contributed by atoms with Gasteiger partial charge in [-0.3, -0.25) is 19.3 Å². The Morgan fingerprint density at radius 2 is 1.64 bits per heavy atom. The van der Waals surface area contributed by atoms with Crippen molar-refractivity contribution in [2.45, 2.75) is 13.3 Å². The summed E-state index contributed by atoms with van der Waals surface area (Å²) in [4.78, 5) is 37.7. The molecule has 22 heavy (non-hydrogen) atoms. The minimum absolute atomic E-state index is 0.00344. The first kappa shape index (κ1) is 14.3. The molecule has 1 heterocycles. The molecule has 5 nitrogen and oxygen atoms in total. The van der Waals surface area contributed by atoms with Gasteiger partial charge < -0.3 is 4.74 Å². The molecule has 2 aromatic carbocycles. The summed E-state index contributed by atoms with van der Waals surface area (Å²) in [5.41, 5.74) is 0.994. The number of carbonyl (C=O) groups excluding carboxylic acids is 3. The molecule has 0 atom stereocenters. The quantitative estimate of drug-likeness (QED) is 0.642. The predicted molar refractivity (Wildman–Crippen MR) is 80.6 cm³/mol. The second kappa shape index (κ2) is 5.60. The Bertz CT molecular complexity index is 731. The van der Waals surface area contributed by atoms with Crippen molar-refractivity contribution in [1.82, 2.24) is 4.90 Å². The normalized spacial score (nSPS) is 13.6. The van der Waals surface area contributed by atoms with Gasteiger partial charge in [-0.05, 0) is 24.4 Å². The van der Waals surface area contributed by atoms with Crippen LogP contribution in [0.3, 0.4) is 0 Å². The summed E-state index contributed by atoms with van der Waals surface area (Å²) in [6, 6.07) is 10.7. The molecule has 0 aliphatic carbocycles. The van der Waals surface area contributed by atoms with E-state index < -0.39 is 5.97 Å². The molecule has 3 rings (SSSR count). The van der Waals surface area contributed by atoms with Gasteiger partial charge in [0.05, 0.1) is 13.0 Å². The molecule has 0 saturated carbocycles. The maximum Gasteiger partial charge on any atom is 0.307 e. The van der Waals surface area contributed by atoms with E-state index in [1.807, 2.05) is 12.1 Å². The molecule has 0 fully saturated rings. The number of imide groups is 1. The molecule has 5 heteroatoms. The number of benzene rings is 2. The van der Waals surface area contributed by atoms with E-state index in [-0.39, 0.29) is 31.4 Å². The molecule has 0 unspecified atom stereocenters. The molecular formula is C17H15NO4. The Morgan fingerprint density at radius 3 is 2.18 bits per heavy atom. The smallest absolute Gasteiger partial charge is 0.307 e. The van der Waals surface area contributed by atoms with Gasteiger partial charge in [0.25, 0.3) is 11.8 Å². The first-order chi connectivity index (χ1) is 10.6. The fourth-order valence-corrected chi connectivity index (χ4v) is 2.72. The van der Waals surface area contributed by atoms with Crippen molar-refractivity contribution in [2.24, 2.45) is 0 Å². The number of esters is 1. The Morgan fingerprint density at radius 1 is 1.05 bits per heavy atom. The summed E-state index contributed by atoms with van der Waals surface area (Å²) in [6.45, 7) is 2.02. The molecule has 0 aromatic heterocycles. The van der Waals surface area contributed by atoms with Crippen LogP contribution >= 0.6 is 0 Å². The van der Waals surface area contributed by atoms with Crippen molar-refractivity contribution in [2.75, 3.05) is 13.2 Å². The van der Waals surface area contributed by atoms with Crippen LogP contribution in [0.2, 0.25) is 0 Å². The highest BCUT2D eigenvalue weighted by Gasteiger charge is 2.32. The van der Waals surface area contributed by atoms with Gasteiger partial charge in [0.15, 0.2) is 0 Å². The molecule has 0 saturated heterocycles. The third-order valence-electron chi connectivity index (χ3n) is 3.70. The second-order valence-electron chi connectivity index (χ2n) is 5.03. The number of rotatable bonds is 4. The first-order valence-corrected chi connectivity index (χ1v) is 7.17. The lowest BCUT2D eigenvalue weighted by atomic mass is 9.94. The standard InChI is InChI=1S/C17H15NO4/c1-2-22-14(19)9-10-18-16(20)12-7-3-5-11-6-4-8-13(15(11)12)17(18)21/h3-8H,2,9-10H2,1H3. The second-order valence-corrected chi connectivity index (χ2v) is 5.03. The molecule has 0 N–H and O–H groups in total. The average Bonchev–Trinajstić information content (AvgIpc) is 2.52. The van der Waals surface area contributed by atoms with E-state index in [4.69, 9.17) is 4.74 Å². The molecule has 2 aromatic rings. The summed E-state index contributed by atoms with van der Waals surface area (Å²) in [5, 5.41) is 1.55. The Labute approximate surface area is 127 Å². The largest absolute Gasteiger partial charge is 0.466 e. The Hall–Kier alpha value is -2.69. The van der Waals surface area contributed by atoms with Crippen molar-refractivity contribution in [3.8, 4) is 0 Å². The molecule has 1 aliphatic rings. The maximum atomic E-state index is 12.5. The van der Waals surface area contributed by atoms with Crippen LogP contribution in [0.25, 0.3) is 10.8 Å². The van der Waals surface area contributed by atoms with E-state index in [0.717, 1.165) is 10.3 Å². The summed E-state index contributed by atoms with van der Waals surface area (Å²) >= 11 is 0. The van der Waals surface area contributed by atoms with Gasteiger partial charge >= 0.3 is 5.97 Å². The van der Waals surface area contributed by atoms with Crippen LogP contribution in [-0.4, -0.2) is 35.8 Å². The van der Waals surface area contributed by atoms with Crippen LogP contribution in [0.1, 0.15) is 34.1 Å². The first-order valence-electron chi connectivity index (χ1n) is 7.17. The van der Waals surface area contributed by atoms with Crippen LogP contribution in [0.5, 0.6) is 0 Å². The SMILES string of the molecule is CCOC(=O)CCN1C(=O)c2cccc3cccc(c23)C1=O. The van der Waals surface area contributed by atoms with Gasteiger partial charge in [0.2, 0.25) is 0 Å². The molecule has 0 bridgehead atoms. The van der Waals surface area contributed by atoms with Crippen molar-refractivity contribution >= 4 is 28.6 Å². The number of carbonyl (C=O) groups is 3. The summed E-state index contributed by atoms with van der Waals surface area (Å²) in [5.74, 6) is -1.14. The zero-order chi connectivity index (χ0) is 15.7. The number of amides is 2. The monoisotopic (exact) mass is 297 g/mol. The maximum absolute atomic E-state index is 12.5. The van der Waals surface area contributed by atoms with Gasteiger partial charge in [-0.2, -0.15) is 0 Å². The van der Waals surface area contributed by atoms with Crippen LogP contribution in [0.15, 0.2) is 36.4 Å². The van der Waals surface area contributed by atoms with E-state index in [1.54, 1.807) is 31.2 Å². The highest BCUT2D eigenvalue weighted by molar-refractivity contribution is 6.25. The van der Waals surface area contributed by atoms with Gasteiger partial charge in [0.1, 0.15) is 0 Å². The minimum Gasteiger partial charge on any atom is -0.466 e. The van der Waals surface area contributed by atoms with Crippen LogP contribution in [0.4, 0.5) is 0 Å². The average molecular weight is 297 g/mol. The van der Waals surface area contributed by atoms with Crippen molar-refractivity contribution in [1.29, 1.82) is 0 Å². The molecule has 112 valence electrons. The van der Waals surface area contributed by atoms with E-state index in [1.165, 1.54) is 0 Å². The Kier molecular flexibility index (Phi) is 3.63. The number of ether oxygens (including phenoxy) is 1. The van der Waals surface area contributed by atoms with Crippen molar-refractivity contribution in [3.63, 3.8) is 0 Å². The molecule has 0 radical (unpaired) electrons. The molecule has 2 amide bonds. The zero-order valence-electron chi connectivity index (χ0n) is 12.2. The van der Waals surface area contributed by atoms with Crippen molar-refractivity contribution < 1.29 is 19.1 Å². The summed E-state index contributed by atoms with van der Waals surface area (Å²) in [6.07, 6.45) is 0.00344. The van der Waals surface area contributed by atoms with Crippen molar-refractivity contribution in [3.05, 3.63) is 47.5 Å². The fraction of sp³-hybridized carbons (Fsp3) is 0.235. The predicted octanol–water partition coefficient (Wildman–Crippen LogP) is 2.39. The van der Waals surface area contributed by atoms with Gasteiger partial charge in [-0.15, -0.1) is 0 Å². The lowest BCUT2D eigenvalue weighted by molar-refractivity contribution is -0.143. The van der Waals surface area contributed by atoms with Crippen LogP contribution in [0, 0.1) is 0 Å². The number of nitrogens with zero attached hydrogens (tertiary/aromatic N) is 1. The van der Waals surface area contributed by atoms with E-state index in [2.05, 4.69) is 0 Å². The third-order valence-corrected chi connectivity index (χ3v) is 3.70. The van der Waals surface area contributed by atoms with Gasteiger partial charge in [-0.25, -0.2) is 0 Å². The number of hydrogen-bond donors (Lipinski definition) is 0. The summed E-state index contributed by atoms with van der Waals surface area (Å²) < 4.78 is 4.84. The number of hydrogen-bond acceptors (Lipinski definition) is 4. The lowest BCUT2D eigenvalue weighted by Gasteiger charge is -2.26. The van der Waals surface area contributed by atoms with E-state index >= 15 is 0 Å². The van der Waals surface area contributed by atoms with E-state index in [0.29, 0.717) is 16.5 Å². The van der Waals surface area contributed by atoms with Crippen LogP contribution in [-0.2, 0) is 9.53 Å².